The Morgan fingerprint density at radius 3 is 2.88 bits per heavy atom. The van der Waals surface area contributed by atoms with Gasteiger partial charge in [-0.1, -0.05) is 0 Å². The van der Waals surface area contributed by atoms with Gasteiger partial charge in [-0.2, -0.15) is 5.10 Å². The number of rotatable bonds is 4. The summed E-state index contributed by atoms with van der Waals surface area (Å²) in [6.45, 7) is 0. The molecule has 0 amide bonds. The summed E-state index contributed by atoms with van der Waals surface area (Å²) in [6, 6.07) is 5.25. The molecule has 0 aromatic carbocycles. The molecule has 86 valence electrons. The number of aryl methyl sites for hydroxylation is 2. The SMILES string of the molecule is Cn1nccc1CCC(O)c1ccc(Cl)o1. The predicted molar refractivity (Wildman–Crippen MR) is 60.2 cm³/mol. The second-order valence-electron chi connectivity index (χ2n) is 3.64. The number of nitrogens with zero attached hydrogens (tertiary/aromatic N) is 2. The zero-order valence-corrected chi connectivity index (χ0v) is 9.68. The number of aromatic nitrogens is 2. The van der Waals surface area contributed by atoms with Crippen LogP contribution in [0.25, 0.3) is 0 Å². The standard InChI is InChI=1S/C11H13ClN2O2/c1-14-8(6-7-13-14)2-3-9(15)10-4-5-11(12)16-10/h4-7,9,15H,2-3H2,1H3. The number of furan rings is 1. The molecule has 0 aliphatic rings. The van der Waals surface area contributed by atoms with E-state index in [0.717, 1.165) is 12.1 Å². The highest BCUT2D eigenvalue weighted by molar-refractivity contribution is 6.28. The van der Waals surface area contributed by atoms with E-state index < -0.39 is 6.10 Å². The van der Waals surface area contributed by atoms with Crippen molar-refractivity contribution in [3.8, 4) is 0 Å². The Kier molecular flexibility index (Phi) is 3.31. The Labute approximate surface area is 98.4 Å². The van der Waals surface area contributed by atoms with Crippen molar-refractivity contribution < 1.29 is 9.52 Å². The van der Waals surface area contributed by atoms with Gasteiger partial charge in [-0.05, 0) is 42.6 Å². The predicted octanol–water partition coefficient (Wildman–Crippen LogP) is 2.33. The van der Waals surface area contributed by atoms with Gasteiger partial charge in [0.2, 0.25) is 0 Å². The third-order valence-electron chi connectivity index (χ3n) is 2.52. The van der Waals surface area contributed by atoms with Crippen LogP contribution in [-0.4, -0.2) is 14.9 Å². The van der Waals surface area contributed by atoms with E-state index in [0.29, 0.717) is 17.4 Å². The van der Waals surface area contributed by atoms with Gasteiger partial charge in [-0.3, -0.25) is 4.68 Å². The highest BCUT2D eigenvalue weighted by Crippen LogP contribution is 2.23. The molecule has 0 fully saturated rings. The molecular formula is C11H13ClN2O2. The van der Waals surface area contributed by atoms with Crippen LogP contribution in [0.4, 0.5) is 0 Å². The third-order valence-corrected chi connectivity index (χ3v) is 2.72. The van der Waals surface area contributed by atoms with Gasteiger partial charge in [-0.15, -0.1) is 0 Å². The molecule has 1 N–H and O–H groups in total. The minimum atomic E-state index is -0.623. The quantitative estimate of drug-likeness (QED) is 0.893. The van der Waals surface area contributed by atoms with Gasteiger partial charge >= 0.3 is 0 Å². The summed E-state index contributed by atoms with van der Waals surface area (Å²) < 4.78 is 6.93. The van der Waals surface area contributed by atoms with Crippen LogP contribution in [0.3, 0.4) is 0 Å². The first-order valence-electron chi connectivity index (χ1n) is 5.07. The molecule has 1 atom stereocenters. The van der Waals surface area contributed by atoms with Gasteiger partial charge in [0.1, 0.15) is 11.9 Å². The Balaban J connectivity index is 1.93. The number of halogens is 1. The van der Waals surface area contributed by atoms with Crippen molar-refractivity contribution in [2.24, 2.45) is 7.05 Å². The van der Waals surface area contributed by atoms with E-state index in [4.69, 9.17) is 16.0 Å². The van der Waals surface area contributed by atoms with E-state index >= 15 is 0 Å². The Bertz CT molecular complexity index is 464. The zero-order valence-electron chi connectivity index (χ0n) is 8.93. The van der Waals surface area contributed by atoms with Gasteiger partial charge in [0.25, 0.3) is 0 Å². The lowest BCUT2D eigenvalue weighted by Gasteiger charge is -2.07. The highest BCUT2D eigenvalue weighted by Gasteiger charge is 2.12. The Hall–Kier alpha value is -1.26. The number of hydrogen-bond acceptors (Lipinski definition) is 3. The molecule has 1 unspecified atom stereocenters. The molecule has 0 aliphatic carbocycles. The van der Waals surface area contributed by atoms with Crippen molar-refractivity contribution >= 4 is 11.6 Å². The van der Waals surface area contributed by atoms with Crippen LogP contribution in [0.2, 0.25) is 5.22 Å². The van der Waals surface area contributed by atoms with Crippen molar-refractivity contribution in [1.82, 2.24) is 9.78 Å². The van der Waals surface area contributed by atoms with Crippen molar-refractivity contribution in [2.75, 3.05) is 0 Å². The zero-order chi connectivity index (χ0) is 11.5. The first-order chi connectivity index (χ1) is 7.66. The highest BCUT2D eigenvalue weighted by atomic mass is 35.5. The fraction of sp³-hybridized carbons (Fsp3) is 0.364. The maximum absolute atomic E-state index is 9.84. The largest absolute Gasteiger partial charge is 0.447 e. The van der Waals surface area contributed by atoms with E-state index in [-0.39, 0.29) is 0 Å². The smallest absolute Gasteiger partial charge is 0.193 e. The molecule has 0 aliphatic heterocycles. The van der Waals surface area contributed by atoms with Gasteiger partial charge in [-0.25, -0.2) is 0 Å². The molecule has 0 saturated heterocycles. The van der Waals surface area contributed by atoms with E-state index in [9.17, 15) is 5.11 Å². The fourth-order valence-corrected chi connectivity index (χ4v) is 1.73. The fourth-order valence-electron chi connectivity index (χ4n) is 1.58. The van der Waals surface area contributed by atoms with Gasteiger partial charge in [0.05, 0.1) is 0 Å². The topological polar surface area (TPSA) is 51.2 Å². The molecule has 4 nitrogen and oxygen atoms in total. The second kappa shape index (κ2) is 4.72. The Morgan fingerprint density at radius 1 is 1.50 bits per heavy atom. The maximum atomic E-state index is 9.84. The summed E-state index contributed by atoms with van der Waals surface area (Å²) in [5.41, 5.74) is 1.08. The lowest BCUT2D eigenvalue weighted by molar-refractivity contribution is 0.140. The van der Waals surface area contributed by atoms with E-state index in [1.807, 2.05) is 13.1 Å². The number of aliphatic hydroxyl groups excluding tert-OH is 1. The normalized spacial score (nSPS) is 12.9. The molecule has 0 radical (unpaired) electrons. The summed E-state index contributed by atoms with van der Waals surface area (Å²) in [5, 5.41) is 14.2. The van der Waals surface area contributed by atoms with Crippen LogP contribution in [0, 0.1) is 0 Å². The van der Waals surface area contributed by atoms with E-state index in [1.165, 1.54) is 0 Å². The first kappa shape index (κ1) is 11.2. The van der Waals surface area contributed by atoms with Crippen LogP contribution in [-0.2, 0) is 13.5 Å². The van der Waals surface area contributed by atoms with Crippen LogP contribution in [0.5, 0.6) is 0 Å². The molecule has 2 aromatic heterocycles. The van der Waals surface area contributed by atoms with Gasteiger partial charge < -0.3 is 9.52 Å². The van der Waals surface area contributed by atoms with Gasteiger partial charge in [0, 0.05) is 18.9 Å². The van der Waals surface area contributed by atoms with Crippen molar-refractivity contribution in [2.45, 2.75) is 18.9 Å². The number of hydrogen-bond donors (Lipinski definition) is 1. The molecule has 0 bridgehead atoms. The molecule has 2 rings (SSSR count). The summed E-state index contributed by atoms with van der Waals surface area (Å²) in [4.78, 5) is 0. The lowest BCUT2D eigenvalue weighted by atomic mass is 10.1. The molecule has 0 saturated carbocycles. The third kappa shape index (κ3) is 2.46. The minimum absolute atomic E-state index is 0.301. The molecule has 2 aromatic rings. The summed E-state index contributed by atoms with van der Waals surface area (Å²) in [5.74, 6) is 0.507. The minimum Gasteiger partial charge on any atom is -0.447 e. The lowest BCUT2D eigenvalue weighted by Crippen LogP contribution is -2.02. The molecule has 5 heteroatoms. The summed E-state index contributed by atoms with van der Waals surface area (Å²) >= 11 is 5.64. The summed E-state index contributed by atoms with van der Waals surface area (Å²) in [6.07, 6.45) is 2.45. The van der Waals surface area contributed by atoms with Crippen LogP contribution in [0.1, 0.15) is 24.0 Å². The van der Waals surface area contributed by atoms with E-state index in [1.54, 1.807) is 23.0 Å². The molecule has 0 spiro atoms. The molecule has 2 heterocycles. The van der Waals surface area contributed by atoms with Crippen LogP contribution in [0.15, 0.2) is 28.8 Å². The first-order valence-corrected chi connectivity index (χ1v) is 5.45. The Morgan fingerprint density at radius 2 is 2.31 bits per heavy atom. The van der Waals surface area contributed by atoms with Crippen molar-refractivity contribution in [3.05, 3.63) is 41.1 Å². The van der Waals surface area contributed by atoms with Crippen molar-refractivity contribution in [3.63, 3.8) is 0 Å². The van der Waals surface area contributed by atoms with Crippen LogP contribution < -0.4 is 0 Å². The summed E-state index contributed by atoms with van der Waals surface area (Å²) in [7, 11) is 1.88. The average Bonchev–Trinajstić information content (AvgIpc) is 2.84. The monoisotopic (exact) mass is 240 g/mol. The van der Waals surface area contributed by atoms with Crippen LogP contribution >= 0.6 is 11.6 Å². The molecule has 16 heavy (non-hydrogen) atoms. The number of aliphatic hydroxyl groups is 1. The van der Waals surface area contributed by atoms with E-state index in [2.05, 4.69) is 5.10 Å². The second-order valence-corrected chi connectivity index (χ2v) is 4.02. The average molecular weight is 241 g/mol. The van der Waals surface area contributed by atoms with Gasteiger partial charge in [0.15, 0.2) is 5.22 Å². The maximum Gasteiger partial charge on any atom is 0.193 e. The van der Waals surface area contributed by atoms with Crippen molar-refractivity contribution in [1.29, 1.82) is 0 Å². The molecular weight excluding hydrogens is 228 g/mol.